The van der Waals surface area contributed by atoms with E-state index in [-0.39, 0.29) is 0 Å². The molecule has 0 bridgehead atoms. The van der Waals surface area contributed by atoms with E-state index in [9.17, 15) is 0 Å². The second-order valence-electron chi connectivity index (χ2n) is 36.4. The summed E-state index contributed by atoms with van der Waals surface area (Å²) in [5, 5.41) is 11.2. The Hall–Kier alpha value is -17.4. The standard InChI is InChI=1S/C68H43N3.C62H38N2S/c1-5-19-46(20-6-1)65-66(47-21-7-2-8-22-47)71(51-27-11-4-12-28-51)67(69-65)48-37-35-44(36-38-48)49-39-40-62-56(41-49)57-42-61-55(43-63(57)70(62)50-25-9-3-10-26-50)54-31-17-23-45-24-18-34-60(64(45)54)68(61)58-32-15-13-29-52(58)53-30-14-16-33-59(53)68;1-4-16-41(17-5-1)59-60(42-18-6-2-7-19-42)65-61(63-59)43-32-30-39(31-33-43)44-34-35-56-50(36-44)51-37-55-49(38-57(51)64(56)45-22-8-3-9-23-45)48-26-14-20-40-21-15-29-54(58(40)48)62(55)52-27-12-10-24-46(52)47-25-11-13-28-53(47)62/h1-43H;1-38H. The van der Waals surface area contributed by atoms with Crippen molar-refractivity contribution < 1.29 is 0 Å². The molecule has 0 unspecified atom stereocenters. The van der Waals surface area contributed by atoms with Crippen LogP contribution in [0.15, 0.2) is 491 Å². The molecule has 0 radical (unpaired) electrons. The summed E-state index contributed by atoms with van der Waals surface area (Å²) in [6.45, 7) is 0. The predicted octanol–water partition coefficient (Wildman–Crippen LogP) is 33.5. The molecule has 4 aromatic heterocycles. The highest BCUT2D eigenvalue weighted by Gasteiger charge is 2.52. The third-order valence-electron chi connectivity index (χ3n) is 29.4. The average molecular weight is 1750 g/mol. The van der Waals surface area contributed by atoms with E-state index in [4.69, 9.17) is 9.97 Å². The highest BCUT2D eigenvalue weighted by atomic mass is 32.1. The molecule has 4 heterocycles. The second-order valence-corrected chi connectivity index (χ2v) is 37.4. The molecule has 29 rings (SSSR count). The number of thiazole rings is 1. The van der Waals surface area contributed by atoms with Gasteiger partial charge in [-0.2, -0.15) is 0 Å². The summed E-state index contributed by atoms with van der Waals surface area (Å²) in [5.41, 5.74) is 42.6. The summed E-state index contributed by atoms with van der Waals surface area (Å²) in [6.07, 6.45) is 0. The highest BCUT2D eigenvalue weighted by molar-refractivity contribution is 7.19. The summed E-state index contributed by atoms with van der Waals surface area (Å²) in [5.74, 6) is 0.896. The van der Waals surface area contributed by atoms with Gasteiger partial charge in [-0.05, 0) is 223 Å². The average Bonchev–Trinajstić information content (AvgIpc) is 1.49. The van der Waals surface area contributed by atoms with Crippen molar-refractivity contribution in [3.63, 3.8) is 0 Å². The maximum atomic E-state index is 5.49. The topological polar surface area (TPSA) is 40.6 Å². The van der Waals surface area contributed by atoms with Gasteiger partial charge in [0.05, 0.1) is 54.9 Å². The Kier molecular flexibility index (Phi) is 17.4. The molecule has 632 valence electrons. The van der Waals surface area contributed by atoms with Gasteiger partial charge in [0, 0.05) is 66.4 Å². The zero-order valence-corrected chi connectivity index (χ0v) is 74.7. The van der Waals surface area contributed by atoms with E-state index < -0.39 is 10.8 Å². The van der Waals surface area contributed by atoms with Gasteiger partial charge in [-0.3, -0.25) is 4.57 Å². The highest BCUT2D eigenvalue weighted by Crippen LogP contribution is 2.65. The van der Waals surface area contributed by atoms with Crippen LogP contribution < -0.4 is 0 Å². The summed E-state index contributed by atoms with van der Waals surface area (Å²) in [6, 6.07) is 181. The maximum Gasteiger partial charge on any atom is 0.145 e. The number of hydrogen-bond donors (Lipinski definition) is 0. The number of aromatic nitrogens is 5. The van der Waals surface area contributed by atoms with Crippen molar-refractivity contribution in [2.75, 3.05) is 0 Å². The lowest BCUT2D eigenvalue weighted by Crippen LogP contribution is -2.31. The van der Waals surface area contributed by atoms with Crippen LogP contribution >= 0.6 is 11.3 Å². The first-order valence-corrected chi connectivity index (χ1v) is 47.7. The normalized spacial score (nSPS) is 13.0. The van der Waals surface area contributed by atoms with Gasteiger partial charge in [0.1, 0.15) is 10.8 Å². The van der Waals surface area contributed by atoms with Crippen LogP contribution in [0.3, 0.4) is 0 Å². The first-order valence-electron chi connectivity index (χ1n) is 46.9. The van der Waals surface area contributed by atoms with Crippen molar-refractivity contribution in [2.24, 2.45) is 0 Å². The van der Waals surface area contributed by atoms with Crippen LogP contribution in [-0.2, 0) is 10.8 Å². The number of hydrogen-bond acceptors (Lipinski definition) is 3. The minimum atomic E-state index is -0.509. The summed E-state index contributed by atoms with van der Waals surface area (Å²) in [4.78, 5) is 11.9. The lowest BCUT2D eigenvalue weighted by Gasteiger charge is -2.40. The van der Waals surface area contributed by atoms with Crippen LogP contribution in [0, 0.1) is 0 Å². The molecule has 25 aromatic rings. The maximum absolute atomic E-state index is 5.49. The molecule has 4 aliphatic rings. The van der Waals surface area contributed by atoms with Crippen molar-refractivity contribution in [3.05, 3.63) is 536 Å². The van der Waals surface area contributed by atoms with Crippen LogP contribution in [-0.4, -0.2) is 23.7 Å². The molecule has 0 atom stereocenters. The van der Waals surface area contributed by atoms with Crippen LogP contribution in [0.4, 0.5) is 0 Å². The van der Waals surface area contributed by atoms with Crippen LogP contribution in [0.2, 0.25) is 0 Å². The first kappa shape index (κ1) is 77.4. The number of imidazole rings is 1. The van der Waals surface area contributed by atoms with Gasteiger partial charge in [0.25, 0.3) is 0 Å². The van der Waals surface area contributed by atoms with Gasteiger partial charge >= 0.3 is 0 Å². The Morgan fingerprint density at radius 1 is 0.191 bits per heavy atom. The molecule has 4 aliphatic carbocycles. The summed E-state index contributed by atoms with van der Waals surface area (Å²) < 4.78 is 7.27. The zero-order chi connectivity index (χ0) is 89.3. The molecule has 0 saturated carbocycles. The molecule has 0 N–H and O–H groups in total. The van der Waals surface area contributed by atoms with Gasteiger partial charge in [0.15, 0.2) is 0 Å². The molecule has 0 amide bonds. The molecule has 2 spiro atoms. The fourth-order valence-corrected chi connectivity index (χ4v) is 24.8. The van der Waals surface area contributed by atoms with E-state index in [1.807, 2.05) is 0 Å². The molecule has 6 heteroatoms. The van der Waals surface area contributed by atoms with E-state index in [0.29, 0.717) is 0 Å². The van der Waals surface area contributed by atoms with Gasteiger partial charge in [-0.15, -0.1) is 11.3 Å². The summed E-state index contributed by atoms with van der Waals surface area (Å²) in [7, 11) is 0. The molecular formula is C130H81N5S. The van der Waals surface area contributed by atoms with Crippen molar-refractivity contribution in [1.29, 1.82) is 0 Å². The Morgan fingerprint density at radius 3 is 0.941 bits per heavy atom. The van der Waals surface area contributed by atoms with Crippen molar-refractivity contribution in [1.82, 2.24) is 23.7 Å². The zero-order valence-electron chi connectivity index (χ0n) is 73.9. The molecule has 5 nitrogen and oxygen atoms in total. The largest absolute Gasteiger partial charge is 0.309 e. The Morgan fingerprint density at radius 2 is 0.515 bits per heavy atom. The third kappa shape index (κ3) is 11.5. The quantitative estimate of drug-likeness (QED) is 0.129. The van der Waals surface area contributed by atoms with E-state index >= 15 is 0 Å². The Bertz CT molecular complexity index is 9010. The summed E-state index contributed by atoms with van der Waals surface area (Å²) >= 11 is 1.76. The van der Waals surface area contributed by atoms with Crippen molar-refractivity contribution >= 4 is 76.5 Å². The van der Waals surface area contributed by atoms with Crippen LogP contribution in [0.5, 0.6) is 0 Å². The second kappa shape index (κ2) is 30.6. The minimum absolute atomic E-state index is 0.490. The number of para-hydroxylation sites is 3. The van der Waals surface area contributed by atoms with Gasteiger partial charge in [-0.25, -0.2) is 9.97 Å². The molecule has 0 saturated heterocycles. The molecule has 0 fully saturated rings. The van der Waals surface area contributed by atoms with E-state index in [1.54, 1.807) is 11.3 Å². The number of fused-ring (bicyclic) bond motifs is 24. The predicted molar refractivity (Wildman–Crippen MR) is 565 cm³/mol. The van der Waals surface area contributed by atoms with E-state index in [1.165, 1.54) is 176 Å². The molecule has 21 aromatic carbocycles. The number of rotatable bonds is 11. The first-order chi connectivity index (χ1) is 67.5. The fourth-order valence-electron chi connectivity index (χ4n) is 23.7. The van der Waals surface area contributed by atoms with Crippen molar-refractivity contribution in [3.8, 4) is 150 Å². The monoisotopic (exact) mass is 1740 g/mol. The van der Waals surface area contributed by atoms with Gasteiger partial charge in [-0.1, -0.05) is 406 Å². The molecule has 136 heavy (non-hydrogen) atoms. The lowest BCUT2D eigenvalue weighted by molar-refractivity contribution is 0.775. The van der Waals surface area contributed by atoms with Gasteiger partial charge in [0.2, 0.25) is 0 Å². The van der Waals surface area contributed by atoms with Crippen LogP contribution in [0.25, 0.3) is 215 Å². The van der Waals surface area contributed by atoms with Crippen LogP contribution in [0.1, 0.15) is 44.5 Å². The SMILES string of the molecule is c1ccc(-c2nc(-c3ccc(-c4ccc5c(c4)c4cc6c(cc4n5-c4ccccc4)-c4cccc5cccc(c45)C64c5ccccc5-c5ccccc54)cc3)n(-c3ccccc3)c2-c2ccccc2)cc1.c1ccc(-c2nc(-c3ccc(-c4ccc5c(c4)c4cc6c(cc4n5-c4ccccc4)-c4cccc5cccc(c45)C64c5ccccc5-c5ccccc54)cc3)sc2-c2ccccc2)cc1. The van der Waals surface area contributed by atoms with E-state index in [2.05, 4.69) is 505 Å². The fraction of sp³-hybridized carbons (Fsp3) is 0.0154. The number of nitrogens with zero attached hydrogens (tertiary/aromatic N) is 5. The van der Waals surface area contributed by atoms with Crippen molar-refractivity contribution in [2.45, 2.75) is 10.8 Å². The van der Waals surface area contributed by atoms with Gasteiger partial charge < -0.3 is 9.13 Å². The number of benzene rings is 21. The third-order valence-corrected chi connectivity index (χ3v) is 30.5. The molecular weight excluding hydrogens is 1660 g/mol. The Balaban J connectivity index is 0.000000135. The minimum Gasteiger partial charge on any atom is -0.309 e. The van der Waals surface area contributed by atoms with E-state index in [0.717, 1.165) is 83.9 Å². The smallest absolute Gasteiger partial charge is 0.145 e. The molecule has 0 aliphatic heterocycles. The lowest BCUT2D eigenvalue weighted by atomic mass is 9.61. The Labute approximate surface area is 791 Å².